The van der Waals surface area contributed by atoms with E-state index in [1.54, 1.807) is 0 Å². The molecular weight excluding hydrogens is 591 g/mol. The van der Waals surface area contributed by atoms with Crippen LogP contribution in [0, 0.1) is 0 Å². The zero-order valence-corrected chi connectivity index (χ0v) is 27.4. The van der Waals surface area contributed by atoms with E-state index >= 15 is 0 Å². The van der Waals surface area contributed by atoms with Crippen molar-refractivity contribution >= 4 is 19.8 Å². The Morgan fingerprint density at radius 3 is 1.60 bits per heavy atom. The van der Waals surface area contributed by atoms with Crippen LogP contribution in [0.4, 0.5) is 0 Å². The maximum atomic E-state index is 14.4. The van der Waals surface area contributed by atoms with Gasteiger partial charge in [-0.25, -0.2) is 4.57 Å². The van der Waals surface area contributed by atoms with E-state index in [4.69, 9.17) is 28.7 Å². The summed E-state index contributed by atoms with van der Waals surface area (Å²) in [5, 5.41) is 0. The van der Waals surface area contributed by atoms with Gasteiger partial charge in [-0.3, -0.25) is 9.59 Å². The molecule has 0 fully saturated rings. The van der Waals surface area contributed by atoms with Gasteiger partial charge in [0, 0.05) is 12.3 Å². The second-order valence-corrected chi connectivity index (χ2v) is 12.1. The Hall–Kier alpha value is -3.29. The summed E-state index contributed by atoms with van der Waals surface area (Å²) in [7, 11) is -4.64. The average molecular weight is 641 g/mol. The summed E-state index contributed by atoms with van der Waals surface area (Å²) in [6.45, 7) is 5.12. The first-order valence-corrected chi connectivity index (χ1v) is 17.5. The first-order chi connectivity index (χ1) is 21.6. The smallest absolute Gasteiger partial charge is 0.466 e. The van der Waals surface area contributed by atoms with Crippen LogP contribution in [0.2, 0.25) is 0 Å². The fourth-order valence-electron chi connectivity index (χ4n) is 5.46. The lowest BCUT2D eigenvalue weighted by Gasteiger charge is -2.40. The van der Waals surface area contributed by atoms with Crippen LogP contribution in [0.3, 0.4) is 0 Å². The molecule has 0 amide bonds. The SMILES string of the molecule is CCCCOC(=O)CCCCCCC(c1ccccc1)C(C(=O)OCCCC)(c1ccccc1)c1ccccc1.O=P(O)(O)O. The summed E-state index contributed by atoms with van der Waals surface area (Å²) >= 11 is 0. The Morgan fingerprint density at radius 2 is 1.11 bits per heavy atom. The van der Waals surface area contributed by atoms with Crippen LogP contribution in [0.1, 0.15) is 101 Å². The number of phosphoric acid groups is 1. The van der Waals surface area contributed by atoms with Gasteiger partial charge >= 0.3 is 19.8 Å². The lowest BCUT2D eigenvalue weighted by atomic mass is 9.62. The highest BCUT2D eigenvalue weighted by molar-refractivity contribution is 7.45. The molecule has 45 heavy (non-hydrogen) atoms. The number of unbranched alkanes of at least 4 members (excludes halogenated alkanes) is 5. The van der Waals surface area contributed by atoms with Gasteiger partial charge in [0.15, 0.2) is 0 Å². The third-order valence-corrected chi connectivity index (χ3v) is 7.62. The minimum Gasteiger partial charge on any atom is -0.466 e. The summed E-state index contributed by atoms with van der Waals surface area (Å²) in [6, 6.07) is 30.7. The van der Waals surface area contributed by atoms with Crippen molar-refractivity contribution in [1.29, 1.82) is 0 Å². The monoisotopic (exact) mass is 640 g/mol. The maximum absolute atomic E-state index is 14.4. The van der Waals surface area contributed by atoms with Crippen molar-refractivity contribution in [2.24, 2.45) is 0 Å². The number of carbonyl (C=O) groups excluding carboxylic acids is 2. The van der Waals surface area contributed by atoms with Crippen LogP contribution in [0.25, 0.3) is 0 Å². The Morgan fingerprint density at radius 1 is 0.667 bits per heavy atom. The Balaban J connectivity index is 0.00000130. The topological polar surface area (TPSA) is 130 Å². The van der Waals surface area contributed by atoms with Crippen LogP contribution in [-0.2, 0) is 29.0 Å². The molecular formula is C36H49O8P. The number of benzene rings is 3. The van der Waals surface area contributed by atoms with Gasteiger partial charge in [0.1, 0.15) is 5.41 Å². The van der Waals surface area contributed by atoms with Crippen molar-refractivity contribution < 1.29 is 38.3 Å². The van der Waals surface area contributed by atoms with Crippen LogP contribution in [0.5, 0.6) is 0 Å². The molecule has 1 atom stereocenters. The summed E-state index contributed by atoms with van der Waals surface area (Å²) < 4.78 is 20.3. The molecule has 0 radical (unpaired) electrons. The van der Waals surface area contributed by atoms with E-state index in [1.807, 2.05) is 42.5 Å². The maximum Gasteiger partial charge on any atom is 0.466 e. The van der Waals surface area contributed by atoms with Gasteiger partial charge in [-0.15, -0.1) is 0 Å². The van der Waals surface area contributed by atoms with Gasteiger partial charge in [-0.05, 0) is 42.4 Å². The van der Waals surface area contributed by atoms with Crippen LogP contribution < -0.4 is 0 Å². The Labute approximate surface area is 268 Å². The summed E-state index contributed by atoms with van der Waals surface area (Å²) in [6.07, 6.45) is 8.72. The molecule has 0 aromatic heterocycles. The standard InChI is InChI=1S/C36H46O4.H3O4P/c1-3-5-28-39-34(37)27-19-8-7-18-26-33(30-20-12-9-13-21-30)36(31-22-14-10-15-23-31,32-24-16-11-17-25-32)35(38)40-29-6-4-2;1-5(2,3)4/h9-17,20-25,33H,3-8,18-19,26-29H2,1-2H3;(H3,1,2,3,4). The molecule has 3 aromatic rings. The molecule has 3 rings (SSSR count). The summed E-state index contributed by atoms with van der Waals surface area (Å²) in [5.74, 6) is -0.411. The van der Waals surface area contributed by atoms with Gasteiger partial charge in [-0.1, -0.05) is 137 Å². The largest absolute Gasteiger partial charge is 0.466 e. The highest BCUT2D eigenvalue weighted by Gasteiger charge is 2.50. The van der Waals surface area contributed by atoms with Crippen molar-refractivity contribution in [3.8, 4) is 0 Å². The number of esters is 2. The van der Waals surface area contributed by atoms with E-state index in [0.29, 0.717) is 19.6 Å². The predicted octanol–water partition coefficient (Wildman–Crippen LogP) is 7.86. The minimum atomic E-state index is -4.64. The number of rotatable bonds is 18. The van der Waals surface area contributed by atoms with Crippen molar-refractivity contribution in [1.82, 2.24) is 0 Å². The second kappa shape index (κ2) is 20.7. The molecule has 3 aromatic carbocycles. The van der Waals surface area contributed by atoms with E-state index < -0.39 is 13.2 Å². The minimum absolute atomic E-state index is 0.0994. The number of ether oxygens (including phenoxy) is 2. The average Bonchev–Trinajstić information content (AvgIpc) is 3.03. The molecule has 0 aliphatic heterocycles. The molecule has 0 aliphatic rings. The highest BCUT2D eigenvalue weighted by Crippen LogP contribution is 2.48. The van der Waals surface area contributed by atoms with Gasteiger partial charge < -0.3 is 24.2 Å². The molecule has 3 N–H and O–H groups in total. The van der Waals surface area contributed by atoms with Gasteiger partial charge in [-0.2, -0.15) is 0 Å². The van der Waals surface area contributed by atoms with Gasteiger partial charge in [0.25, 0.3) is 0 Å². The van der Waals surface area contributed by atoms with E-state index in [9.17, 15) is 9.59 Å². The molecule has 8 nitrogen and oxygen atoms in total. The quantitative estimate of drug-likeness (QED) is 0.0728. The van der Waals surface area contributed by atoms with E-state index in [-0.39, 0.29) is 17.9 Å². The lowest BCUT2D eigenvalue weighted by Crippen LogP contribution is -2.44. The second-order valence-electron chi connectivity index (χ2n) is 11.0. The molecule has 0 spiro atoms. The number of hydrogen-bond acceptors (Lipinski definition) is 5. The summed E-state index contributed by atoms with van der Waals surface area (Å²) in [5.41, 5.74) is 2.04. The number of hydrogen-bond donors (Lipinski definition) is 3. The molecule has 1 unspecified atom stereocenters. The third-order valence-electron chi connectivity index (χ3n) is 7.62. The molecule has 0 saturated carbocycles. The van der Waals surface area contributed by atoms with E-state index in [2.05, 4.69) is 62.4 Å². The number of carbonyl (C=O) groups is 2. The predicted molar refractivity (Wildman–Crippen MR) is 177 cm³/mol. The van der Waals surface area contributed by atoms with Gasteiger partial charge in [0.2, 0.25) is 0 Å². The normalized spacial score (nSPS) is 12.0. The fraction of sp³-hybridized carbons (Fsp3) is 0.444. The molecule has 0 saturated heterocycles. The molecule has 0 bridgehead atoms. The molecule has 0 aliphatic carbocycles. The zero-order valence-electron chi connectivity index (χ0n) is 26.6. The van der Waals surface area contributed by atoms with Crippen molar-refractivity contribution in [2.45, 2.75) is 89.4 Å². The third kappa shape index (κ3) is 13.3. The Bertz CT molecular complexity index is 1230. The summed E-state index contributed by atoms with van der Waals surface area (Å²) in [4.78, 5) is 48.0. The van der Waals surface area contributed by atoms with Crippen LogP contribution in [0.15, 0.2) is 91.0 Å². The van der Waals surface area contributed by atoms with E-state index in [0.717, 1.165) is 74.5 Å². The van der Waals surface area contributed by atoms with Crippen molar-refractivity contribution in [2.75, 3.05) is 13.2 Å². The fourth-order valence-corrected chi connectivity index (χ4v) is 5.46. The van der Waals surface area contributed by atoms with Crippen molar-refractivity contribution in [3.63, 3.8) is 0 Å². The Kier molecular flexibility index (Phi) is 17.4. The molecule has 9 heteroatoms. The van der Waals surface area contributed by atoms with Crippen molar-refractivity contribution in [3.05, 3.63) is 108 Å². The molecule has 0 heterocycles. The van der Waals surface area contributed by atoms with Crippen LogP contribution in [-0.4, -0.2) is 39.8 Å². The molecule has 246 valence electrons. The van der Waals surface area contributed by atoms with Crippen LogP contribution >= 0.6 is 7.82 Å². The first-order valence-electron chi connectivity index (χ1n) is 15.9. The first kappa shape index (κ1) is 37.9. The van der Waals surface area contributed by atoms with E-state index in [1.165, 1.54) is 0 Å². The van der Waals surface area contributed by atoms with Gasteiger partial charge in [0.05, 0.1) is 13.2 Å². The lowest BCUT2D eigenvalue weighted by molar-refractivity contribution is -0.150. The highest BCUT2D eigenvalue weighted by atomic mass is 31.2. The zero-order chi connectivity index (χ0) is 33.0.